The van der Waals surface area contributed by atoms with Gasteiger partial charge in [-0.25, -0.2) is 13.1 Å². The molecule has 7 heteroatoms. The molecule has 1 aromatic carbocycles. The van der Waals surface area contributed by atoms with E-state index in [4.69, 9.17) is 5.73 Å². The molecule has 1 aliphatic rings. The molecule has 22 heavy (non-hydrogen) atoms. The van der Waals surface area contributed by atoms with Crippen LogP contribution in [0.25, 0.3) is 0 Å². The number of aryl methyl sites for hydroxylation is 2. The summed E-state index contributed by atoms with van der Waals surface area (Å²) in [7, 11) is -3.59. The lowest BCUT2D eigenvalue weighted by atomic mass is 9.88. The second kappa shape index (κ2) is 5.73. The lowest BCUT2D eigenvalue weighted by molar-refractivity contribution is 0.495. The van der Waals surface area contributed by atoms with Crippen molar-refractivity contribution in [2.45, 2.75) is 43.8 Å². The lowest BCUT2D eigenvalue weighted by Crippen LogP contribution is -2.32. The van der Waals surface area contributed by atoms with E-state index in [0.29, 0.717) is 12.2 Å². The van der Waals surface area contributed by atoms with Crippen LogP contribution in [0.1, 0.15) is 36.9 Å². The van der Waals surface area contributed by atoms with E-state index in [-0.39, 0.29) is 11.1 Å². The van der Waals surface area contributed by atoms with Gasteiger partial charge in [-0.3, -0.25) is 4.68 Å². The summed E-state index contributed by atoms with van der Waals surface area (Å²) >= 11 is 0. The average Bonchev–Trinajstić information content (AvgIpc) is 2.96. The molecule has 0 radical (unpaired) electrons. The monoisotopic (exact) mass is 320 g/mol. The molecule has 0 saturated heterocycles. The van der Waals surface area contributed by atoms with Crippen LogP contribution >= 0.6 is 0 Å². The molecule has 0 bridgehead atoms. The lowest BCUT2D eigenvalue weighted by Gasteiger charge is -2.26. The zero-order valence-corrected chi connectivity index (χ0v) is 13.3. The predicted octanol–water partition coefficient (Wildman–Crippen LogP) is 1.84. The molecule has 0 spiro atoms. The highest BCUT2D eigenvalue weighted by atomic mass is 32.2. The first-order valence-electron chi connectivity index (χ1n) is 7.43. The average molecular weight is 320 g/mol. The van der Waals surface area contributed by atoms with Crippen LogP contribution in [0, 0.1) is 0 Å². The summed E-state index contributed by atoms with van der Waals surface area (Å²) in [5.41, 5.74) is 8.68. The topological polar surface area (TPSA) is 90.0 Å². The maximum absolute atomic E-state index is 12.6. The predicted molar refractivity (Wildman–Crippen MR) is 84.8 cm³/mol. The summed E-state index contributed by atoms with van der Waals surface area (Å²) in [6, 6.07) is 7.00. The molecule has 3 N–H and O–H groups in total. The van der Waals surface area contributed by atoms with E-state index in [9.17, 15) is 8.42 Å². The van der Waals surface area contributed by atoms with E-state index in [2.05, 4.69) is 9.82 Å². The van der Waals surface area contributed by atoms with Crippen LogP contribution in [0.5, 0.6) is 0 Å². The molecule has 1 atom stereocenters. The van der Waals surface area contributed by atoms with Crippen LogP contribution in [0.4, 0.5) is 5.69 Å². The van der Waals surface area contributed by atoms with Crippen LogP contribution in [0.3, 0.4) is 0 Å². The SMILES string of the molecule is CCn1nccc1S(=O)(=O)NC1CCCc2cc(N)ccc21. The van der Waals surface area contributed by atoms with Gasteiger partial charge in [0.25, 0.3) is 10.0 Å². The fraction of sp³-hybridized carbons (Fsp3) is 0.400. The van der Waals surface area contributed by atoms with Gasteiger partial charge >= 0.3 is 0 Å². The van der Waals surface area contributed by atoms with Gasteiger partial charge in [0.2, 0.25) is 0 Å². The van der Waals surface area contributed by atoms with Gasteiger partial charge in [0, 0.05) is 18.3 Å². The van der Waals surface area contributed by atoms with Crippen molar-refractivity contribution in [1.29, 1.82) is 0 Å². The Bertz CT molecular complexity index is 783. The van der Waals surface area contributed by atoms with Crippen molar-refractivity contribution in [2.75, 3.05) is 5.73 Å². The number of benzene rings is 1. The molecular formula is C15H20N4O2S. The zero-order valence-electron chi connectivity index (χ0n) is 12.5. The fourth-order valence-electron chi connectivity index (χ4n) is 2.99. The first-order chi connectivity index (χ1) is 10.5. The molecule has 1 heterocycles. The van der Waals surface area contributed by atoms with Gasteiger partial charge in [-0.2, -0.15) is 5.10 Å². The number of aromatic nitrogens is 2. The summed E-state index contributed by atoms with van der Waals surface area (Å²) in [5.74, 6) is 0. The number of hydrogen-bond acceptors (Lipinski definition) is 4. The van der Waals surface area contributed by atoms with Gasteiger partial charge in [-0.1, -0.05) is 6.07 Å². The number of anilines is 1. The number of sulfonamides is 1. The molecule has 0 aliphatic heterocycles. The maximum atomic E-state index is 12.6. The summed E-state index contributed by atoms with van der Waals surface area (Å²) in [4.78, 5) is 0. The molecular weight excluding hydrogens is 300 g/mol. The van der Waals surface area contributed by atoms with E-state index >= 15 is 0 Å². The van der Waals surface area contributed by atoms with Crippen LogP contribution in [-0.2, 0) is 23.0 Å². The molecule has 2 aromatic rings. The number of nitrogens with two attached hydrogens (primary N) is 1. The van der Waals surface area contributed by atoms with Crippen molar-refractivity contribution in [3.8, 4) is 0 Å². The molecule has 3 rings (SSSR count). The van der Waals surface area contributed by atoms with Crippen LogP contribution in [0.2, 0.25) is 0 Å². The quantitative estimate of drug-likeness (QED) is 0.841. The molecule has 1 unspecified atom stereocenters. The molecule has 0 fully saturated rings. The highest BCUT2D eigenvalue weighted by molar-refractivity contribution is 7.89. The van der Waals surface area contributed by atoms with E-state index in [1.165, 1.54) is 16.9 Å². The minimum atomic E-state index is -3.59. The third-order valence-electron chi connectivity index (χ3n) is 4.03. The smallest absolute Gasteiger partial charge is 0.258 e. The Morgan fingerprint density at radius 3 is 3.00 bits per heavy atom. The largest absolute Gasteiger partial charge is 0.399 e. The highest BCUT2D eigenvalue weighted by Crippen LogP contribution is 2.32. The van der Waals surface area contributed by atoms with Crippen LogP contribution in [0.15, 0.2) is 35.5 Å². The Morgan fingerprint density at radius 2 is 2.23 bits per heavy atom. The number of nitrogens with zero attached hydrogens (tertiary/aromatic N) is 2. The van der Waals surface area contributed by atoms with Gasteiger partial charge in [-0.05, 0) is 55.5 Å². The standard InChI is InChI=1S/C15H20N4O2S/c1-2-19-15(8-9-17-19)22(20,21)18-14-5-3-4-11-10-12(16)6-7-13(11)14/h6-10,14,18H,2-5,16H2,1H3. The van der Waals surface area contributed by atoms with Gasteiger partial charge < -0.3 is 5.73 Å². The second-order valence-corrected chi connectivity index (χ2v) is 7.17. The van der Waals surface area contributed by atoms with Crippen molar-refractivity contribution in [3.63, 3.8) is 0 Å². The Labute approximate surface area is 130 Å². The molecule has 0 saturated carbocycles. The summed E-state index contributed by atoms with van der Waals surface area (Å²) < 4.78 is 29.5. The number of nitrogen functional groups attached to an aromatic ring is 1. The van der Waals surface area contributed by atoms with Gasteiger partial charge in [-0.15, -0.1) is 0 Å². The van der Waals surface area contributed by atoms with Crippen molar-refractivity contribution in [1.82, 2.24) is 14.5 Å². The highest BCUT2D eigenvalue weighted by Gasteiger charge is 2.27. The molecule has 1 aliphatic carbocycles. The molecule has 6 nitrogen and oxygen atoms in total. The van der Waals surface area contributed by atoms with Crippen molar-refractivity contribution in [2.24, 2.45) is 0 Å². The molecule has 118 valence electrons. The number of fused-ring (bicyclic) bond motifs is 1. The summed E-state index contributed by atoms with van der Waals surface area (Å²) in [6.45, 7) is 2.38. The van der Waals surface area contributed by atoms with Crippen LogP contribution < -0.4 is 10.5 Å². The Morgan fingerprint density at radius 1 is 1.41 bits per heavy atom. The second-order valence-electron chi connectivity index (χ2n) is 5.51. The van der Waals surface area contributed by atoms with E-state index in [1.54, 1.807) is 0 Å². The minimum absolute atomic E-state index is 0.206. The van der Waals surface area contributed by atoms with E-state index < -0.39 is 10.0 Å². The number of hydrogen-bond donors (Lipinski definition) is 2. The Kier molecular flexibility index (Phi) is 3.92. The van der Waals surface area contributed by atoms with Crippen molar-refractivity contribution in [3.05, 3.63) is 41.6 Å². The Hall–Kier alpha value is -1.86. The van der Waals surface area contributed by atoms with Gasteiger partial charge in [0.1, 0.15) is 0 Å². The summed E-state index contributed by atoms with van der Waals surface area (Å²) in [5, 5.41) is 4.24. The maximum Gasteiger partial charge on any atom is 0.258 e. The third-order valence-corrected chi connectivity index (χ3v) is 5.52. The number of rotatable bonds is 4. The van der Waals surface area contributed by atoms with Gasteiger partial charge in [0.15, 0.2) is 5.03 Å². The van der Waals surface area contributed by atoms with Crippen molar-refractivity contribution < 1.29 is 8.42 Å². The first-order valence-corrected chi connectivity index (χ1v) is 8.92. The van der Waals surface area contributed by atoms with Crippen molar-refractivity contribution >= 4 is 15.7 Å². The third kappa shape index (κ3) is 2.74. The summed E-state index contributed by atoms with van der Waals surface area (Å²) in [6.07, 6.45) is 4.17. The minimum Gasteiger partial charge on any atom is -0.399 e. The zero-order chi connectivity index (χ0) is 15.7. The fourth-order valence-corrected chi connectivity index (χ4v) is 4.42. The molecule has 0 amide bonds. The van der Waals surface area contributed by atoms with E-state index in [1.807, 2.05) is 25.1 Å². The number of nitrogens with one attached hydrogen (secondary N) is 1. The first kappa shape index (κ1) is 15.1. The van der Waals surface area contributed by atoms with Crippen LogP contribution in [-0.4, -0.2) is 18.2 Å². The molecule has 1 aromatic heterocycles. The van der Waals surface area contributed by atoms with Gasteiger partial charge in [0.05, 0.1) is 6.20 Å². The Balaban J connectivity index is 1.91. The normalized spacial score (nSPS) is 18.1. The van der Waals surface area contributed by atoms with E-state index in [0.717, 1.165) is 30.4 Å².